The number of nitrogens with two attached hydrogens (primary N) is 1. The molecule has 3 heterocycles. The van der Waals surface area contributed by atoms with Crippen LogP contribution >= 0.6 is 0 Å². The number of nitrogen functional groups attached to an aromatic ring is 1. The molecule has 0 saturated heterocycles. The Bertz CT molecular complexity index is 1130. The number of esters is 1. The second-order valence-electron chi connectivity index (χ2n) is 7.01. The number of fused-ring (bicyclic) bond motifs is 1. The van der Waals surface area contributed by atoms with Gasteiger partial charge in [0.2, 0.25) is 0 Å². The zero-order valence-corrected chi connectivity index (χ0v) is 17.4. The fourth-order valence-electron chi connectivity index (χ4n) is 3.37. The van der Waals surface area contributed by atoms with Crippen molar-refractivity contribution in [3.8, 4) is 6.07 Å². The highest BCUT2D eigenvalue weighted by atomic mass is 16.5. The SMILES string of the molecule is CCCn1c(C)cc(/C=C(/C#N)C(=O)OCCCn2cnc3c(N)ncnc32)c1C. The summed E-state index contributed by atoms with van der Waals surface area (Å²) in [6.07, 6.45) is 6.17. The first-order valence-electron chi connectivity index (χ1n) is 9.83. The average Bonchev–Trinajstić information content (AvgIpc) is 3.26. The van der Waals surface area contributed by atoms with Crippen molar-refractivity contribution in [3.63, 3.8) is 0 Å². The van der Waals surface area contributed by atoms with Gasteiger partial charge in [0.15, 0.2) is 11.5 Å². The van der Waals surface area contributed by atoms with E-state index in [0.29, 0.717) is 29.9 Å². The number of imidazole rings is 1. The fraction of sp³-hybridized carbons (Fsp3) is 0.381. The molecule has 0 aliphatic heterocycles. The van der Waals surface area contributed by atoms with Gasteiger partial charge in [-0.2, -0.15) is 5.26 Å². The maximum atomic E-state index is 12.3. The van der Waals surface area contributed by atoms with E-state index in [4.69, 9.17) is 10.5 Å². The van der Waals surface area contributed by atoms with E-state index in [9.17, 15) is 10.1 Å². The normalized spacial score (nSPS) is 11.6. The number of carbonyl (C=O) groups is 1. The fourth-order valence-corrected chi connectivity index (χ4v) is 3.37. The molecule has 2 N–H and O–H groups in total. The van der Waals surface area contributed by atoms with Crippen LogP contribution in [0, 0.1) is 25.2 Å². The lowest BCUT2D eigenvalue weighted by Gasteiger charge is -2.07. The molecule has 0 aromatic carbocycles. The Balaban J connectivity index is 1.61. The largest absolute Gasteiger partial charge is 0.462 e. The van der Waals surface area contributed by atoms with Crippen LogP contribution in [0.5, 0.6) is 0 Å². The van der Waals surface area contributed by atoms with Crippen molar-refractivity contribution < 1.29 is 9.53 Å². The lowest BCUT2D eigenvalue weighted by molar-refractivity contribution is -0.138. The predicted octanol–water partition coefficient (Wildman–Crippen LogP) is 2.78. The molecule has 3 aromatic rings. The summed E-state index contributed by atoms with van der Waals surface area (Å²) in [7, 11) is 0. The van der Waals surface area contributed by atoms with Crippen LogP contribution in [0.3, 0.4) is 0 Å². The Morgan fingerprint density at radius 2 is 2.10 bits per heavy atom. The Labute approximate surface area is 174 Å². The third kappa shape index (κ3) is 4.33. The molecule has 3 aromatic heterocycles. The Hall–Kier alpha value is -3.67. The molecule has 0 fully saturated rings. The highest BCUT2D eigenvalue weighted by Crippen LogP contribution is 2.19. The smallest absolute Gasteiger partial charge is 0.348 e. The minimum Gasteiger partial charge on any atom is -0.462 e. The summed E-state index contributed by atoms with van der Waals surface area (Å²) in [4.78, 5) is 24.6. The number of nitriles is 1. The standard InChI is InChI=1S/C21H25N7O2/c1-4-6-28-14(2)9-16(15(28)3)10-17(11-22)21(29)30-8-5-7-27-13-26-18-19(23)24-12-25-20(18)27/h9-10,12-13H,4-8H2,1-3H3,(H2,23,24,25)/b17-10-. The highest BCUT2D eigenvalue weighted by Gasteiger charge is 2.14. The number of carbonyl (C=O) groups excluding carboxylic acids is 1. The van der Waals surface area contributed by atoms with E-state index in [1.807, 2.05) is 30.6 Å². The predicted molar refractivity (Wildman–Crippen MR) is 113 cm³/mol. The number of ether oxygens (including phenoxy) is 1. The zero-order valence-electron chi connectivity index (χ0n) is 17.4. The summed E-state index contributed by atoms with van der Waals surface area (Å²) >= 11 is 0. The van der Waals surface area contributed by atoms with Crippen molar-refractivity contribution in [2.75, 3.05) is 12.3 Å². The van der Waals surface area contributed by atoms with Crippen LogP contribution in [0.15, 0.2) is 24.3 Å². The van der Waals surface area contributed by atoms with Gasteiger partial charge in [-0.1, -0.05) is 6.92 Å². The lowest BCUT2D eigenvalue weighted by Crippen LogP contribution is -2.10. The van der Waals surface area contributed by atoms with Crippen molar-refractivity contribution in [3.05, 3.63) is 41.2 Å². The average molecular weight is 407 g/mol. The molecule has 3 rings (SSSR count). The minimum atomic E-state index is -0.625. The summed E-state index contributed by atoms with van der Waals surface area (Å²) in [6.45, 7) is 7.73. The van der Waals surface area contributed by atoms with Crippen LogP contribution in [0.4, 0.5) is 5.82 Å². The van der Waals surface area contributed by atoms with Gasteiger partial charge in [-0.3, -0.25) is 0 Å². The first-order chi connectivity index (χ1) is 14.5. The van der Waals surface area contributed by atoms with E-state index in [1.165, 1.54) is 6.33 Å². The van der Waals surface area contributed by atoms with Crippen molar-refractivity contribution in [2.45, 2.75) is 46.7 Å². The van der Waals surface area contributed by atoms with Gasteiger partial charge >= 0.3 is 5.97 Å². The van der Waals surface area contributed by atoms with E-state index in [1.54, 1.807) is 12.4 Å². The van der Waals surface area contributed by atoms with Gasteiger partial charge in [-0.05, 0) is 44.4 Å². The lowest BCUT2D eigenvalue weighted by atomic mass is 10.1. The van der Waals surface area contributed by atoms with E-state index in [0.717, 1.165) is 29.9 Å². The number of aryl methyl sites for hydroxylation is 2. The first-order valence-corrected chi connectivity index (χ1v) is 9.83. The van der Waals surface area contributed by atoms with Gasteiger partial charge < -0.3 is 19.6 Å². The van der Waals surface area contributed by atoms with Crippen molar-refractivity contribution in [2.24, 2.45) is 0 Å². The molecule has 0 spiro atoms. The molecular weight excluding hydrogens is 382 g/mol. The van der Waals surface area contributed by atoms with Crippen LogP contribution in [-0.4, -0.2) is 36.7 Å². The van der Waals surface area contributed by atoms with Crippen molar-refractivity contribution in [1.82, 2.24) is 24.1 Å². The monoisotopic (exact) mass is 407 g/mol. The van der Waals surface area contributed by atoms with Crippen LogP contribution in [-0.2, 0) is 22.6 Å². The Morgan fingerprint density at radius 3 is 2.83 bits per heavy atom. The number of hydrogen-bond acceptors (Lipinski definition) is 7. The molecule has 0 atom stereocenters. The van der Waals surface area contributed by atoms with Gasteiger partial charge in [-0.25, -0.2) is 19.7 Å². The van der Waals surface area contributed by atoms with Gasteiger partial charge in [0.25, 0.3) is 0 Å². The molecule has 0 amide bonds. The number of anilines is 1. The van der Waals surface area contributed by atoms with Crippen LogP contribution in [0.2, 0.25) is 0 Å². The molecule has 0 unspecified atom stereocenters. The third-order valence-corrected chi connectivity index (χ3v) is 4.91. The van der Waals surface area contributed by atoms with E-state index in [2.05, 4.69) is 26.4 Å². The summed E-state index contributed by atoms with van der Waals surface area (Å²) in [5.74, 6) is -0.299. The van der Waals surface area contributed by atoms with E-state index < -0.39 is 5.97 Å². The van der Waals surface area contributed by atoms with Crippen LogP contribution in [0.25, 0.3) is 17.2 Å². The molecule has 0 radical (unpaired) electrons. The number of rotatable bonds is 8. The number of hydrogen-bond donors (Lipinski definition) is 1. The van der Waals surface area contributed by atoms with Gasteiger partial charge in [0.1, 0.15) is 23.5 Å². The third-order valence-electron chi connectivity index (χ3n) is 4.91. The Morgan fingerprint density at radius 1 is 1.30 bits per heavy atom. The molecule has 9 heteroatoms. The molecule has 156 valence electrons. The molecule has 0 bridgehead atoms. The summed E-state index contributed by atoms with van der Waals surface area (Å²) in [5.41, 5.74) is 9.93. The maximum absolute atomic E-state index is 12.3. The van der Waals surface area contributed by atoms with Crippen molar-refractivity contribution >= 4 is 29.0 Å². The summed E-state index contributed by atoms with van der Waals surface area (Å²) in [5, 5.41) is 9.41. The molecule has 0 saturated carbocycles. The molecule has 0 aliphatic rings. The minimum absolute atomic E-state index is 0.0136. The van der Waals surface area contributed by atoms with Gasteiger partial charge in [0.05, 0.1) is 12.9 Å². The Kier molecular flexibility index (Phi) is 6.47. The van der Waals surface area contributed by atoms with Crippen LogP contribution in [0.1, 0.15) is 36.7 Å². The van der Waals surface area contributed by atoms with E-state index in [-0.39, 0.29) is 12.2 Å². The highest BCUT2D eigenvalue weighted by molar-refractivity contribution is 5.98. The molecule has 9 nitrogen and oxygen atoms in total. The van der Waals surface area contributed by atoms with Crippen LogP contribution < -0.4 is 5.73 Å². The second-order valence-corrected chi connectivity index (χ2v) is 7.01. The van der Waals surface area contributed by atoms with E-state index >= 15 is 0 Å². The summed E-state index contributed by atoms with van der Waals surface area (Å²) < 4.78 is 9.30. The maximum Gasteiger partial charge on any atom is 0.348 e. The first kappa shape index (κ1) is 21.0. The summed E-state index contributed by atoms with van der Waals surface area (Å²) in [6, 6.07) is 3.93. The van der Waals surface area contributed by atoms with Gasteiger partial charge in [-0.15, -0.1) is 0 Å². The quantitative estimate of drug-likeness (QED) is 0.263. The second kappa shape index (κ2) is 9.22. The topological polar surface area (TPSA) is 125 Å². The molecular formula is C21H25N7O2. The van der Waals surface area contributed by atoms with Crippen molar-refractivity contribution in [1.29, 1.82) is 5.26 Å². The molecule has 30 heavy (non-hydrogen) atoms. The number of nitrogens with zero attached hydrogens (tertiary/aromatic N) is 6. The number of aromatic nitrogens is 5. The van der Waals surface area contributed by atoms with Gasteiger partial charge in [0, 0.05) is 24.5 Å². The zero-order chi connectivity index (χ0) is 21.7. The molecule has 0 aliphatic carbocycles.